The summed E-state index contributed by atoms with van der Waals surface area (Å²) in [7, 11) is 1.47. The summed E-state index contributed by atoms with van der Waals surface area (Å²) in [5.74, 6) is -2.14. The van der Waals surface area contributed by atoms with Crippen LogP contribution in [0.25, 0.3) is 0 Å². The van der Waals surface area contributed by atoms with Crippen molar-refractivity contribution in [2.75, 3.05) is 13.7 Å². The Hall–Kier alpha value is -3.74. The molecule has 0 aliphatic rings. The Morgan fingerprint density at radius 3 is 2.19 bits per heavy atom. The van der Waals surface area contributed by atoms with Crippen molar-refractivity contribution in [3.63, 3.8) is 0 Å². The lowest BCUT2D eigenvalue weighted by molar-refractivity contribution is -0.142. The van der Waals surface area contributed by atoms with Crippen molar-refractivity contribution in [1.29, 1.82) is 0 Å². The van der Waals surface area contributed by atoms with Crippen molar-refractivity contribution in [2.24, 2.45) is 0 Å². The van der Waals surface area contributed by atoms with Crippen LogP contribution in [0.1, 0.15) is 11.1 Å². The Bertz CT molecular complexity index is 1060. The maximum Gasteiger partial charge on any atom is 0.261 e. The summed E-state index contributed by atoms with van der Waals surface area (Å²) in [5, 5.41) is 2.58. The summed E-state index contributed by atoms with van der Waals surface area (Å²) in [6.45, 7) is -0.644. The van der Waals surface area contributed by atoms with Gasteiger partial charge < -0.3 is 15.0 Å². The maximum absolute atomic E-state index is 14.4. The molecule has 0 radical (unpaired) electrons. The number of hydrogen-bond donors (Lipinski definition) is 1. The van der Waals surface area contributed by atoms with E-state index in [1.807, 2.05) is 30.3 Å². The van der Waals surface area contributed by atoms with E-state index in [1.165, 1.54) is 36.2 Å². The number of hydrogen-bond acceptors (Lipinski definition) is 3. The van der Waals surface area contributed by atoms with Gasteiger partial charge in [-0.25, -0.2) is 8.78 Å². The Morgan fingerprint density at radius 1 is 0.906 bits per heavy atom. The number of benzene rings is 3. The van der Waals surface area contributed by atoms with Crippen LogP contribution in [0.5, 0.6) is 5.75 Å². The molecule has 166 valence electrons. The van der Waals surface area contributed by atoms with E-state index in [0.717, 1.165) is 5.56 Å². The molecule has 1 N–H and O–H groups in total. The summed E-state index contributed by atoms with van der Waals surface area (Å²) >= 11 is 0. The van der Waals surface area contributed by atoms with Gasteiger partial charge in [0.25, 0.3) is 5.91 Å². The van der Waals surface area contributed by atoms with Crippen LogP contribution in [0.3, 0.4) is 0 Å². The second kappa shape index (κ2) is 11.0. The van der Waals surface area contributed by atoms with Gasteiger partial charge in [-0.1, -0.05) is 60.7 Å². The number of para-hydroxylation sites is 1. The second-order valence-corrected chi connectivity index (χ2v) is 7.15. The number of ether oxygens (including phenoxy) is 1. The van der Waals surface area contributed by atoms with E-state index in [-0.39, 0.29) is 24.3 Å². The number of halogens is 2. The van der Waals surface area contributed by atoms with Crippen LogP contribution in [0.2, 0.25) is 0 Å². The number of carbonyl (C=O) groups excluding carboxylic acids is 2. The molecular weight excluding hydrogens is 414 g/mol. The highest BCUT2D eigenvalue weighted by molar-refractivity contribution is 5.88. The van der Waals surface area contributed by atoms with Gasteiger partial charge in [0.05, 0.1) is 0 Å². The third kappa shape index (κ3) is 5.91. The molecule has 0 saturated carbocycles. The molecule has 1 atom stereocenters. The Morgan fingerprint density at radius 2 is 1.53 bits per heavy atom. The SMILES string of the molecule is CNC(=O)C(Cc1ccccc1)N(Cc1ccccc1F)C(=O)COc1ccccc1F. The average molecular weight is 438 g/mol. The van der Waals surface area contributed by atoms with E-state index in [4.69, 9.17) is 4.74 Å². The molecule has 0 heterocycles. The Labute approximate surface area is 185 Å². The van der Waals surface area contributed by atoms with E-state index < -0.39 is 36.1 Å². The van der Waals surface area contributed by atoms with E-state index in [1.54, 1.807) is 24.3 Å². The van der Waals surface area contributed by atoms with Crippen LogP contribution in [0.15, 0.2) is 78.9 Å². The monoisotopic (exact) mass is 438 g/mol. The van der Waals surface area contributed by atoms with Gasteiger partial charge in [-0.2, -0.15) is 0 Å². The minimum absolute atomic E-state index is 0.0776. The minimum atomic E-state index is -0.918. The average Bonchev–Trinajstić information content (AvgIpc) is 2.82. The van der Waals surface area contributed by atoms with E-state index in [9.17, 15) is 18.4 Å². The van der Waals surface area contributed by atoms with Crippen LogP contribution in [0.4, 0.5) is 8.78 Å². The van der Waals surface area contributed by atoms with Crippen molar-refractivity contribution in [3.8, 4) is 5.75 Å². The Kier molecular flexibility index (Phi) is 7.91. The third-order valence-electron chi connectivity index (χ3n) is 5.00. The molecular formula is C25H24F2N2O3. The normalized spacial score (nSPS) is 11.5. The fraction of sp³-hybridized carbons (Fsp3) is 0.200. The fourth-order valence-corrected chi connectivity index (χ4v) is 3.31. The van der Waals surface area contributed by atoms with Gasteiger partial charge in [0.2, 0.25) is 5.91 Å². The molecule has 3 aromatic rings. The second-order valence-electron chi connectivity index (χ2n) is 7.15. The molecule has 3 aromatic carbocycles. The molecule has 0 aliphatic carbocycles. The highest BCUT2D eigenvalue weighted by atomic mass is 19.1. The maximum atomic E-state index is 14.4. The van der Waals surface area contributed by atoms with E-state index in [0.29, 0.717) is 0 Å². The van der Waals surface area contributed by atoms with Gasteiger partial charge in [-0.05, 0) is 23.8 Å². The summed E-state index contributed by atoms with van der Waals surface area (Å²) in [5.41, 5.74) is 1.09. The standard InChI is InChI=1S/C25H24F2N2O3/c1-28-25(31)22(15-18-9-3-2-4-10-18)29(16-19-11-5-6-12-20(19)26)24(30)17-32-23-14-8-7-13-21(23)27/h2-14,22H,15-17H2,1H3,(H,28,31). The van der Waals surface area contributed by atoms with Crippen molar-refractivity contribution in [2.45, 2.75) is 19.0 Å². The van der Waals surface area contributed by atoms with Gasteiger partial charge in [-0.3, -0.25) is 9.59 Å². The zero-order chi connectivity index (χ0) is 22.9. The number of carbonyl (C=O) groups is 2. The molecule has 0 aromatic heterocycles. The molecule has 0 saturated heterocycles. The minimum Gasteiger partial charge on any atom is -0.481 e. The van der Waals surface area contributed by atoms with Gasteiger partial charge in [0, 0.05) is 25.6 Å². The number of nitrogens with zero attached hydrogens (tertiary/aromatic N) is 1. The highest BCUT2D eigenvalue weighted by Crippen LogP contribution is 2.19. The fourth-order valence-electron chi connectivity index (χ4n) is 3.31. The molecule has 2 amide bonds. The zero-order valence-electron chi connectivity index (χ0n) is 17.6. The molecule has 5 nitrogen and oxygen atoms in total. The lowest BCUT2D eigenvalue weighted by Crippen LogP contribution is -2.51. The predicted octanol–water partition coefficient (Wildman–Crippen LogP) is 3.73. The van der Waals surface area contributed by atoms with Gasteiger partial charge in [0.15, 0.2) is 18.2 Å². The first-order valence-electron chi connectivity index (χ1n) is 10.2. The van der Waals surface area contributed by atoms with Gasteiger partial charge in [-0.15, -0.1) is 0 Å². The van der Waals surface area contributed by atoms with E-state index >= 15 is 0 Å². The summed E-state index contributed by atoms with van der Waals surface area (Å²) in [6.07, 6.45) is 0.223. The summed E-state index contributed by atoms with van der Waals surface area (Å²) in [6, 6.07) is 20.1. The first-order chi connectivity index (χ1) is 15.5. The summed E-state index contributed by atoms with van der Waals surface area (Å²) in [4.78, 5) is 27.2. The number of amides is 2. The smallest absolute Gasteiger partial charge is 0.261 e. The largest absolute Gasteiger partial charge is 0.481 e. The molecule has 0 spiro atoms. The van der Waals surface area contributed by atoms with Crippen LogP contribution < -0.4 is 10.1 Å². The quantitative estimate of drug-likeness (QED) is 0.554. The lowest BCUT2D eigenvalue weighted by Gasteiger charge is -2.31. The van der Waals surface area contributed by atoms with Crippen molar-refractivity contribution >= 4 is 11.8 Å². The number of rotatable bonds is 9. The van der Waals surface area contributed by atoms with Crippen LogP contribution in [0, 0.1) is 11.6 Å². The van der Waals surface area contributed by atoms with Crippen LogP contribution in [-0.2, 0) is 22.6 Å². The molecule has 32 heavy (non-hydrogen) atoms. The van der Waals surface area contributed by atoms with Gasteiger partial charge in [0.1, 0.15) is 11.9 Å². The first kappa shape index (κ1) is 22.9. The third-order valence-corrected chi connectivity index (χ3v) is 5.00. The molecule has 7 heteroatoms. The number of nitrogens with one attached hydrogen (secondary N) is 1. The molecule has 3 rings (SSSR count). The van der Waals surface area contributed by atoms with Crippen molar-refractivity contribution < 1.29 is 23.1 Å². The summed E-state index contributed by atoms with van der Waals surface area (Å²) < 4.78 is 33.6. The first-order valence-corrected chi connectivity index (χ1v) is 10.2. The van der Waals surface area contributed by atoms with Crippen LogP contribution >= 0.6 is 0 Å². The topological polar surface area (TPSA) is 58.6 Å². The van der Waals surface area contributed by atoms with Crippen molar-refractivity contribution in [3.05, 3.63) is 102 Å². The molecule has 1 unspecified atom stereocenters. The molecule has 0 fully saturated rings. The van der Waals surface area contributed by atoms with E-state index in [2.05, 4.69) is 5.32 Å². The molecule has 0 bridgehead atoms. The number of likely N-dealkylation sites (N-methyl/N-ethyl adjacent to an activating group) is 1. The van der Waals surface area contributed by atoms with Gasteiger partial charge >= 0.3 is 0 Å². The Balaban J connectivity index is 1.89. The predicted molar refractivity (Wildman–Crippen MR) is 117 cm³/mol. The highest BCUT2D eigenvalue weighted by Gasteiger charge is 2.30. The van der Waals surface area contributed by atoms with Crippen molar-refractivity contribution in [1.82, 2.24) is 10.2 Å². The zero-order valence-corrected chi connectivity index (χ0v) is 17.6. The lowest BCUT2D eigenvalue weighted by atomic mass is 10.0. The van der Waals surface area contributed by atoms with Crippen LogP contribution in [-0.4, -0.2) is 36.4 Å². The molecule has 0 aliphatic heterocycles.